The van der Waals surface area contributed by atoms with Gasteiger partial charge >= 0.3 is 0 Å². The highest BCUT2D eigenvalue weighted by atomic mass is 32.1. The molecule has 0 aromatic carbocycles. The summed E-state index contributed by atoms with van der Waals surface area (Å²) in [5.74, 6) is 1.00. The van der Waals surface area contributed by atoms with Crippen LogP contribution in [0.4, 0.5) is 5.13 Å². The summed E-state index contributed by atoms with van der Waals surface area (Å²) in [4.78, 5) is 10.4. The van der Waals surface area contributed by atoms with Crippen LogP contribution in [0.25, 0.3) is 0 Å². The molecule has 2 aromatic heterocycles. The number of hydrogen-bond acceptors (Lipinski definition) is 7. The molecule has 0 saturated carbocycles. The molecular formula is C14H22N6OS. The molecule has 0 radical (unpaired) electrons. The van der Waals surface area contributed by atoms with E-state index in [0.717, 1.165) is 56.9 Å². The van der Waals surface area contributed by atoms with Gasteiger partial charge in [0.05, 0.1) is 19.8 Å². The summed E-state index contributed by atoms with van der Waals surface area (Å²) in [7, 11) is 2.10. The van der Waals surface area contributed by atoms with Crippen LogP contribution in [0.3, 0.4) is 0 Å². The van der Waals surface area contributed by atoms with Crippen molar-refractivity contribution in [2.75, 3.05) is 38.3 Å². The van der Waals surface area contributed by atoms with Crippen LogP contribution in [0.15, 0.2) is 12.5 Å². The lowest BCUT2D eigenvalue weighted by atomic mass is 10.4. The Morgan fingerprint density at radius 2 is 2.14 bits per heavy atom. The highest BCUT2D eigenvalue weighted by Gasteiger charge is 2.15. The third kappa shape index (κ3) is 3.63. The molecule has 0 aliphatic carbocycles. The van der Waals surface area contributed by atoms with Crippen molar-refractivity contribution in [1.82, 2.24) is 24.6 Å². The van der Waals surface area contributed by atoms with Crippen LogP contribution in [0.1, 0.15) is 17.6 Å². The first-order chi connectivity index (χ1) is 10.8. The van der Waals surface area contributed by atoms with E-state index in [1.54, 1.807) is 17.7 Å². The number of aromatic nitrogens is 4. The molecule has 1 saturated heterocycles. The first-order valence-corrected chi connectivity index (χ1v) is 8.40. The van der Waals surface area contributed by atoms with E-state index >= 15 is 0 Å². The Morgan fingerprint density at radius 1 is 1.32 bits per heavy atom. The fraction of sp³-hybridized carbons (Fsp3) is 0.643. The van der Waals surface area contributed by atoms with E-state index in [2.05, 4.69) is 43.5 Å². The molecule has 22 heavy (non-hydrogen) atoms. The molecule has 0 unspecified atom stereocenters. The molecule has 7 nitrogen and oxygen atoms in total. The van der Waals surface area contributed by atoms with Crippen molar-refractivity contribution in [2.45, 2.75) is 26.6 Å². The molecule has 120 valence electrons. The van der Waals surface area contributed by atoms with Gasteiger partial charge in [-0.3, -0.25) is 4.90 Å². The van der Waals surface area contributed by atoms with Crippen molar-refractivity contribution < 1.29 is 4.74 Å². The fourth-order valence-electron chi connectivity index (χ4n) is 2.50. The van der Waals surface area contributed by atoms with Gasteiger partial charge in [0.15, 0.2) is 5.13 Å². The molecule has 0 atom stereocenters. The molecule has 1 fully saturated rings. The topological polar surface area (TPSA) is 59.3 Å². The van der Waals surface area contributed by atoms with E-state index in [9.17, 15) is 0 Å². The predicted octanol–water partition coefficient (Wildman–Crippen LogP) is 1.22. The maximum absolute atomic E-state index is 5.38. The van der Waals surface area contributed by atoms with Gasteiger partial charge in [-0.05, 0) is 14.0 Å². The van der Waals surface area contributed by atoms with Gasteiger partial charge in [-0.2, -0.15) is 0 Å². The van der Waals surface area contributed by atoms with E-state index < -0.39 is 0 Å². The van der Waals surface area contributed by atoms with Gasteiger partial charge < -0.3 is 14.2 Å². The zero-order valence-electron chi connectivity index (χ0n) is 13.1. The molecule has 1 aliphatic heterocycles. The van der Waals surface area contributed by atoms with Gasteiger partial charge in [0.2, 0.25) is 0 Å². The SMILES string of the molecule is CCn1cnnc1CN(C)Cc1cnc(N2CCOCC2)s1. The zero-order valence-corrected chi connectivity index (χ0v) is 13.9. The van der Waals surface area contributed by atoms with Crippen molar-refractivity contribution in [2.24, 2.45) is 0 Å². The van der Waals surface area contributed by atoms with Gasteiger partial charge in [0, 0.05) is 37.3 Å². The van der Waals surface area contributed by atoms with Crippen molar-refractivity contribution in [3.63, 3.8) is 0 Å². The average Bonchev–Trinajstić information content (AvgIpc) is 3.17. The molecule has 3 heterocycles. The first-order valence-electron chi connectivity index (χ1n) is 7.59. The smallest absolute Gasteiger partial charge is 0.185 e. The lowest BCUT2D eigenvalue weighted by molar-refractivity contribution is 0.122. The minimum absolute atomic E-state index is 0.790. The molecule has 0 amide bonds. The van der Waals surface area contributed by atoms with Crippen molar-refractivity contribution in [1.29, 1.82) is 0 Å². The summed E-state index contributed by atoms with van der Waals surface area (Å²) in [6.45, 7) is 8.12. The second-order valence-electron chi connectivity index (χ2n) is 5.41. The molecule has 0 spiro atoms. The van der Waals surface area contributed by atoms with E-state index in [1.807, 2.05) is 6.20 Å². The molecule has 2 aromatic rings. The third-order valence-corrected chi connectivity index (χ3v) is 4.74. The second-order valence-corrected chi connectivity index (χ2v) is 6.51. The number of thiazole rings is 1. The van der Waals surface area contributed by atoms with Gasteiger partial charge in [0.25, 0.3) is 0 Å². The van der Waals surface area contributed by atoms with E-state index in [4.69, 9.17) is 4.74 Å². The van der Waals surface area contributed by atoms with Gasteiger partial charge in [-0.15, -0.1) is 21.5 Å². The minimum Gasteiger partial charge on any atom is -0.378 e. The minimum atomic E-state index is 0.790. The number of hydrogen-bond donors (Lipinski definition) is 0. The fourth-order valence-corrected chi connectivity index (χ4v) is 3.54. The van der Waals surface area contributed by atoms with Gasteiger partial charge in [-0.25, -0.2) is 4.98 Å². The average molecular weight is 322 g/mol. The predicted molar refractivity (Wildman–Crippen MR) is 86.0 cm³/mol. The molecule has 1 aliphatic rings. The van der Waals surface area contributed by atoms with Crippen LogP contribution in [0, 0.1) is 0 Å². The summed E-state index contributed by atoms with van der Waals surface area (Å²) >= 11 is 1.77. The molecule has 3 rings (SSSR count). The molecule has 0 N–H and O–H groups in total. The van der Waals surface area contributed by atoms with Crippen LogP contribution in [0.5, 0.6) is 0 Å². The quantitative estimate of drug-likeness (QED) is 0.797. The Hall–Kier alpha value is -1.51. The monoisotopic (exact) mass is 322 g/mol. The Balaban J connectivity index is 1.57. The number of ether oxygens (including phenoxy) is 1. The Labute approximate surface area is 134 Å². The van der Waals surface area contributed by atoms with Crippen LogP contribution in [-0.4, -0.2) is 58.0 Å². The van der Waals surface area contributed by atoms with Crippen LogP contribution in [0.2, 0.25) is 0 Å². The standard InChI is InChI=1S/C14H22N6OS/c1-3-19-11-16-17-13(19)10-18(2)9-12-8-15-14(22-12)20-4-6-21-7-5-20/h8,11H,3-7,9-10H2,1-2H3. The second kappa shape index (κ2) is 7.17. The maximum atomic E-state index is 5.38. The first kappa shape index (κ1) is 15.4. The molecule has 8 heteroatoms. The molecular weight excluding hydrogens is 300 g/mol. The van der Waals surface area contributed by atoms with Crippen molar-refractivity contribution in [3.8, 4) is 0 Å². The summed E-state index contributed by atoms with van der Waals surface area (Å²) < 4.78 is 7.46. The number of nitrogens with zero attached hydrogens (tertiary/aromatic N) is 6. The van der Waals surface area contributed by atoms with E-state index in [0.29, 0.717) is 0 Å². The van der Waals surface area contributed by atoms with Gasteiger partial charge in [0.1, 0.15) is 12.2 Å². The number of anilines is 1. The van der Waals surface area contributed by atoms with Crippen LogP contribution >= 0.6 is 11.3 Å². The van der Waals surface area contributed by atoms with E-state index in [-0.39, 0.29) is 0 Å². The zero-order chi connectivity index (χ0) is 15.4. The summed E-state index contributed by atoms with van der Waals surface area (Å²) in [5.41, 5.74) is 0. The Kier molecular flexibility index (Phi) is 5.01. The number of rotatable bonds is 6. The summed E-state index contributed by atoms with van der Waals surface area (Å²) in [6, 6.07) is 0. The Bertz CT molecular complexity index is 592. The van der Waals surface area contributed by atoms with Crippen LogP contribution < -0.4 is 4.90 Å². The van der Waals surface area contributed by atoms with Crippen LogP contribution in [-0.2, 0) is 24.4 Å². The molecule has 0 bridgehead atoms. The van der Waals surface area contributed by atoms with Gasteiger partial charge in [-0.1, -0.05) is 0 Å². The highest BCUT2D eigenvalue weighted by Crippen LogP contribution is 2.24. The van der Waals surface area contributed by atoms with Crippen molar-refractivity contribution >= 4 is 16.5 Å². The number of aryl methyl sites for hydroxylation is 1. The summed E-state index contributed by atoms with van der Waals surface area (Å²) in [6.07, 6.45) is 3.77. The third-order valence-electron chi connectivity index (χ3n) is 3.70. The summed E-state index contributed by atoms with van der Waals surface area (Å²) in [5, 5.41) is 9.26. The van der Waals surface area contributed by atoms with E-state index in [1.165, 1.54) is 4.88 Å². The Morgan fingerprint density at radius 3 is 2.91 bits per heavy atom. The normalized spacial score (nSPS) is 15.7. The highest BCUT2D eigenvalue weighted by molar-refractivity contribution is 7.15. The maximum Gasteiger partial charge on any atom is 0.185 e. The lowest BCUT2D eigenvalue weighted by Gasteiger charge is -2.26. The lowest BCUT2D eigenvalue weighted by Crippen LogP contribution is -2.36. The number of morpholine rings is 1. The van der Waals surface area contributed by atoms with Crippen molar-refractivity contribution in [3.05, 3.63) is 23.2 Å². The largest absolute Gasteiger partial charge is 0.378 e.